The highest BCUT2D eigenvalue weighted by molar-refractivity contribution is 7.25. The van der Waals surface area contributed by atoms with E-state index in [1.165, 1.54) is 58.7 Å². The molecule has 0 aliphatic rings. The predicted molar refractivity (Wildman–Crippen MR) is 159 cm³/mol. The van der Waals surface area contributed by atoms with Gasteiger partial charge in [0.1, 0.15) is 0 Å². The summed E-state index contributed by atoms with van der Waals surface area (Å²) in [7, 11) is -1.26. The summed E-state index contributed by atoms with van der Waals surface area (Å²) in [5.74, 6) is 0. The van der Waals surface area contributed by atoms with Gasteiger partial charge < -0.3 is 0 Å². The molecule has 6 aromatic rings. The lowest BCUT2D eigenvalue weighted by Crippen LogP contribution is -2.37. The third kappa shape index (κ3) is 4.25. The minimum absolute atomic E-state index is 1.25. The van der Waals surface area contributed by atoms with Crippen molar-refractivity contribution >= 4 is 44.8 Å². The summed E-state index contributed by atoms with van der Waals surface area (Å²) >= 11 is 1.87. The summed E-state index contributed by atoms with van der Waals surface area (Å²) in [6.07, 6.45) is 0. The fourth-order valence-corrected chi connectivity index (χ4v) is 7.03. The highest BCUT2D eigenvalue weighted by Crippen LogP contribution is 2.36. The summed E-state index contributed by atoms with van der Waals surface area (Å²) < 4.78 is 2.70. The molecular weight excluding hydrogens is 457 g/mol. The van der Waals surface area contributed by atoms with Crippen LogP contribution in [0.2, 0.25) is 19.6 Å². The van der Waals surface area contributed by atoms with E-state index in [1.807, 2.05) is 11.3 Å². The van der Waals surface area contributed by atoms with Crippen LogP contribution in [0.5, 0.6) is 0 Å². The van der Waals surface area contributed by atoms with Crippen molar-refractivity contribution in [1.29, 1.82) is 0 Å². The minimum Gasteiger partial charge on any atom is -0.135 e. The molecule has 0 nitrogen and oxygen atoms in total. The molecule has 0 bridgehead atoms. The van der Waals surface area contributed by atoms with Crippen molar-refractivity contribution < 1.29 is 0 Å². The number of hydrogen-bond acceptors (Lipinski definition) is 1. The Labute approximate surface area is 212 Å². The van der Waals surface area contributed by atoms with E-state index in [4.69, 9.17) is 0 Å². The van der Waals surface area contributed by atoms with Gasteiger partial charge in [0.2, 0.25) is 0 Å². The number of hydrogen-bond donors (Lipinski definition) is 0. The maximum Gasteiger partial charge on any atom is 0.0775 e. The van der Waals surface area contributed by atoms with E-state index in [-0.39, 0.29) is 0 Å². The molecule has 6 rings (SSSR count). The van der Waals surface area contributed by atoms with Crippen LogP contribution in [0.1, 0.15) is 0 Å². The van der Waals surface area contributed by atoms with Crippen molar-refractivity contribution in [3.8, 4) is 33.4 Å². The van der Waals surface area contributed by atoms with Crippen LogP contribution < -0.4 is 5.19 Å². The number of fused-ring (bicyclic) bond motifs is 3. The molecule has 0 atom stereocenters. The summed E-state index contributed by atoms with van der Waals surface area (Å²) in [5, 5.41) is 4.20. The van der Waals surface area contributed by atoms with Crippen molar-refractivity contribution in [2.45, 2.75) is 19.6 Å². The predicted octanol–water partition coefficient (Wildman–Crippen LogP) is 9.60. The van der Waals surface area contributed by atoms with E-state index in [2.05, 4.69) is 135 Å². The van der Waals surface area contributed by atoms with Gasteiger partial charge in [-0.15, -0.1) is 11.3 Å². The van der Waals surface area contributed by atoms with Crippen LogP contribution in [-0.4, -0.2) is 8.07 Å². The lowest BCUT2D eigenvalue weighted by Gasteiger charge is -2.16. The zero-order valence-electron chi connectivity index (χ0n) is 20.4. The zero-order valence-corrected chi connectivity index (χ0v) is 22.2. The first-order valence-corrected chi connectivity index (χ1v) is 16.5. The number of thiophene rings is 1. The van der Waals surface area contributed by atoms with Gasteiger partial charge in [-0.05, 0) is 51.6 Å². The first-order valence-electron chi connectivity index (χ1n) is 12.2. The van der Waals surface area contributed by atoms with Crippen molar-refractivity contribution in [2.24, 2.45) is 0 Å². The highest BCUT2D eigenvalue weighted by Gasteiger charge is 2.15. The molecule has 0 amide bonds. The largest absolute Gasteiger partial charge is 0.135 e. The summed E-state index contributed by atoms with van der Waals surface area (Å²) in [4.78, 5) is 0. The van der Waals surface area contributed by atoms with E-state index >= 15 is 0 Å². The van der Waals surface area contributed by atoms with Crippen LogP contribution >= 0.6 is 11.3 Å². The average Bonchev–Trinajstić information content (AvgIpc) is 3.26. The fraction of sp³-hybridized carbons (Fsp3) is 0.0909. The van der Waals surface area contributed by atoms with Gasteiger partial charge in [0.25, 0.3) is 0 Å². The zero-order chi connectivity index (χ0) is 24.0. The molecule has 5 aromatic carbocycles. The van der Waals surface area contributed by atoms with Crippen LogP contribution in [0.4, 0.5) is 0 Å². The fourth-order valence-electron chi connectivity index (χ4n) is 4.78. The molecule has 0 saturated heterocycles. The van der Waals surface area contributed by atoms with Gasteiger partial charge >= 0.3 is 0 Å². The lowest BCUT2D eigenvalue weighted by molar-refractivity contribution is 1.58. The van der Waals surface area contributed by atoms with Crippen LogP contribution in [-0.2, 0) is 0 Å². The Morgan fingerprint density at radius 1 is 0.429 bits per heavy atom. The summed E-state index contributed by atoms with van der Waals surface area (Å²) in [5.41, 5.74) is 7.57. The molecule has 1 heterocycles. The first-order chi connectivity index (χ1) is 17.0. The van der Waals surface area contributed by atoms with Crippen molar-refractivity contribution in [1.82, 2.24) is 0 Å². The number of benzene rings is 5. The van der Waals surface area contributed by atoms with Gasteiger partial charge in [-0.2, -0.15) is 0 Å². The van der Waals surface area contributed by atoms with Crippen LogP contribution in [0.3, 0.4) is 0 Å². The summed E-state index contributed by atoms with van der Waals surface area (Å²) in [6.45, 7) is 7.18. The lowest BCUT2D eigenvalue weighted by atomic mass is 9.97. The third-order valence-corrected chi connectivity index (χ3v) is 10.1. The van der Waals surface area contributed by atoms with Gasteiger partial charge in [0, 0.05) is 20.2 Å². The molecule has 1 aromatic heterocycles. The minimum atomic E-state index is -1.26. The Balaban J connectivity index is 1.25. The van der Waals surface area contributed by atoms with Gasteiger partial charge in [-0.3, -0.25) is 0 Å². The second kappa shape index (κ2) is 8.64. The summed E-state index contributed by atoms with van der Waals surface area (Å²) in [6, 6.07) is 42.6. The molecule has 0 aliphatic heterocycles. The third-order valence-electron chi connectivity index (χ3n) is 6.90. The smallest absolute Gasteiger partial charge is 0.0775 e. The molecule has 0 spiro atoms. The molecule has 0 N–H and O–H groups in total. The quantitative estimate of drug-likeness (QED) is 0.218. The Hall–Kier alpha value is -3.46. The van der Waals surface area contributed by atoms with Crippen LogP contribution in [0.25, 0.3) is 53.6 Å². The standard InChI is InChI=1S/C33H28SSi/c1-35(2,3)29-19-16-26(17-20-29)25-10-8-23(9-11-25)24-12-14-27(15-13-24)28-18-21-33-31(22-28)30-6-4-5-7-32(30)34-33/h4-22H,1-3H3. The van der Waals surface area contributed by atoms with Gasteiger partial charge in [-0.1, -0.05) is 122 Å². The topological polar surface area (TPSA) is 0 Å². The van der Waals surface area contributed by atoms with Crippen LogP contribution in [0.15, 0.2) is 115 Å². The normalized spacial score (nSPS) is 11.9. The van der Waals surface area contributed by atoms with Gasteiger partial charge in [0.15, 0.2) is 0 Å². The molecule has 0 fully saturated rings. The van der Waals surface area contributed by atoms with Crippen molar-refractivity contribution in [3.05, 3.63) is 115 Å². The molecule has 170 valence electrons. The molecular formula is C33H28SSi. The monoisotopic (exact) mass is 484 g/mol. The highest BCUT2D eigenvalue weighted by atomic mass is 32.1. The molecule has 0 saturated carbocycles. The molecule has 0 aliphatic carbocycles. The Kier molecular flexibility index (Phi) is 5.44. The molecule has 2 heteroatoms. The van der Waals surface area contributed by atoms with E-state index in [0.29, 0.717) is 0 Å². The Bertz CT molecular complexity index is 1630. The average molecular weight is 485 g/mol. The maximum atomic E-state index is 2.39. The van der Waals surface area contributed by atoms with E-state index < -0.39 is 8.07 Å². The van der Waals surface area contributed by atoms with E-state index in [1.54, 1.807) is 0 Å². The first kappa shape index (κ1) is 22.0. The van der Waals surface area contributed by atoms with Gasteiger partial charge in [-0.25, -0.2) is 0 Å². The van der Waals surface area contributed by atoms with Crippen molar-refractivity contribution in [2.75, 3.05) is 0 Å². The molecule has 0 radical (unpaired) electrons. The van der Waals surface area contributed by atoms with E-state index in [9.17, 15) is 0 Å². The van der Waals surface area contributed by atoms with Crippen LogP contribution in [0, 0.1) is 0 Å². The van der Waals surface area contributed by atoms with Crippen molar-refractivity contribution in [3.63, 3.8) is 0 Å². The molecule has 0 unspecified atom stereocenters. The maximum absolute atomic E-state index is 2.39. The Morgan fingerprint density at radius 3 is 1.40 bits per heavy atom. The number of rotatable bonds is 4. The molecule has 35 heavy (non-hydrogen) atoms. The SMILES string of the molecule is C[Si](C)(C)c1ccc(-c2ccc(-c3ccc(-c4ccc5sc6ccccc6c5c4)cc3)cc2)cc1. The second-order valence-electron chi connectivity index (χ2n) is 10.3. The van der Waals surface area contributed by atoms with Gasteiger partial charge in [0.05, 0.1) is 8.07 Å². The second-order valence-corrected chi connectivity index (χ2v) is 16.5. The van der Waals surface area contributed by atoms with E-state index in [0.717, 1.165) is 0 Å². The Morgan fingerprint density at radius 2 is 0.857 bits per heavy atom.